The zero-order chi connectivity index (χ0) is 13.2. The molecule has 2 aliphatic rings. The van der Waals surface area contributed by atoms with Gasteiger partial charge in [-0.25, -0.2) is 0 Å². The summed E-state index contributed by atoms with van der Waals surface area (Å²) in [6, 6.07) is 6.23. The number of nitrogens with zero attached hydrogens (tertiary/aromatic N) is 2. The fourth-order valence-corrected chi connectivity index (χ4v) is 3.45. The number of halogens is 2. The van der Waals surface area contributed by atoms with E-state index in [-0.39, 0.29) is 0 Å². The van der Waals surface area contributed by atoms with Gasteiger partial charge in [-0.3, -0.25) is 4.90 Å². The van der Waals surface area contributed by atoms with E-state index in [0.717, 1.165) is 29.4 Å². The summed E-state index contributed by atoms with van der Waals surface area (Å²) in [5.74, 6) is 1.00. The maximum Gasteiger partial charge on any atom is 0.0410 e. The van der Waals surface area contributed by atoms with Crippen LogP contribution in [0.25, 0.3) is 0 Å². The number of anilines is 1. The van der Waals surface area contributed by atoms with Gasteiger partial charge >= 0.3 is 0 Å². The predicted octanol–water partition coefficient (Wildman–Crippen LogP) is 3.77. The second-order valence-electron chi connectivity index (χ2n) is 5.64. The highest BCUT2D eigenvalue weighted by molar-refractivity contribution is 9.08. The average molecular weight is 344 g/mol. The molecule has 1 aromatic carbocycles. The molecule has 1 heterocycles. The number of piperazine rings is 1. The van der Waals surface area contributed by atoms with Gasteiger partial charge in [-0.15, -0.1) is 0 Å². The Kier molecular flexibility index (Phi) is 4.35. The van der Waals surface area contributed by atoms with E-state index < -0.39 is 0 Å². The molecule has 104 valence electrons. The molecule has 3 rings (SSSR count). The molecule has 1 aromatic rings. The third-order valence-corrected chi connectivity index (χ3v) is 4.95. The summed E-state index contributed by atoms with van der Waals surface area (Å²) in [4.78, 5) is 5.12. The van der Waals surface area contributed by atoms with Crippen molar-refractivity contribution >= 4 is 33.2 Å². The molecule has 0 N–H and O–H groups in total. The Bertz CT molecular complexity index is 440. The molecule has 1 saturated heterocycles. The summed E-state index contributed by atoms with van der Waals surface area (Å²) in [5, 5.41) is 1.69. The van der Waals surface area contributed by atoms with Crippen LogP contribution in [0.15, 0.2) is 18.2 Å². The SMILES string of the molecule is Clc1ccc(N2CCN(CC3CC3)CC2)c(CBr)c1. The van der Waals surface area contributed by atoms with Crippen LogP contribution in [0.4, 0.5) is 5.69 Å². The molecular weight excluding hydrogens is 324 g/mol. The van der Waals surface area contributed by atoms with Crippen LogP contribution in [0.1, 0.15) is 18.4 Å². The van der Waals surface area contributed by atoms with Crippen molar-refractivity contribution in [2.45, 2.75) is 18.2 Å². The van der Waals surface area contributed by atoms with Crippen molar-refractivity contribution in [3.05, 3.63) is 28.8 Å². The first kappa shape index (κ1) is 13.7. The van der Waals surface area contributed by atoms with Gasteiger partial charge in [0.05, 0.1) is 0 Å². The van der Waals surface area contributed by atoms with Gasteiger partial charge in [0.15, 0.2) is 0 Å². The summed E-state index contributed by atoms with van der Waals surface area (Å²) in [6.45, 7) is 5.98. The molecule has 2 nitrogen and oxygen atoms in total. The number of alkyl halides is 1. The summed E-state index contributed by atoms with van der Waals surface area (Å²) in [5.41, 5.74) is 2.63. The third-order valence-electron chi connectivity index (χ3n) is 4.11. The third kappa shape index (κ3) is 3.45. The molecule has 19 heavy (non-hydrogen) atoms. The Balaban J connectivity index is 1.63. The van der Waals surface area contributed by atoms with Crippen LogP contribution in [-0.2, 0) is 5.33 Å². The molecule has 0 unspecified atom stereocenters. The lowest BCUT2D eigenvalue weighted by atomic mass is 10.1. The molecule has 1 aliphatic heterocycles. The van der Waals surface area contributed by atoms with Crippen LogP contribution in [0.3, 0.4) is 0 Å². The average Bonchev–Trinajstić information content (AvgIpc) is 3.24. The smallest absolute Gasteiger partial charge is 0.0410 e. The molecule has 0 amide bonds. The summed E-state index contributed by atoms with van der Waals surface area (Å²) >= 11 is 9.64. The van der Waals surface area contributed by atoms with E-state index >= 15 is 0 Å². The molecule has 0 spiro atoms. The van der Waals surface area contributed by atoms with Gasteiger partial charge in [-0.1, -0.05) is 27.5 Å². The van der Waals surface area contributed by atoms with Crippen molar-refractivity contribution in [2.75, 3.05) is 37.6 Å². The summed E-state index contributed by atoms with van der Waals surface area (Å²) in [7, 11) is 0. The molecule has 2 fully saturated rings. The fraction of sp³-hybridized carbons (Fsp3) is 0.600. The number of hydrogen-bond acceptors (Lipinski definition) is 2. The molecule has 1 saturated carbocycles. The second kappa shape index (κ2) is 6.02. The van der Waals surface area contributed by atoms with Crippen molar-refractivity contribution in [1.29, 1.82) is 0 Å². The van der Waals surface area contributed by atoms with E-state index in [9.17, 15) is 0 Å². The van der Waals surface area contributed by atoms with Crippen molar-refractivity contribution in [3.8, 4) is 0 Å². The summed E-state index contributed by atoms with van der Waals surface area (Å²) < 4.78 is 0. The van der Waals surface area contributed by atoms with Crippen LogP contribution < -0.4 is 4.90 Å². The van der Waals surface area contributed by atoms with Gasteiger partial charge in [-0.05, 0) is 42.5 Å². The van der Waals surface area contributed by atoms with Gasteiger partial charge in [0.2, 0.25) is 0 Å². The number of rotatable bonds is 4. The van der Waals surface area contributed by atoms with E-state index in [0.29, 0.717) is 0 Å². The lowest BCUT2D eigenvalue weighted by Gasteiger charge is -2.37. The Morgan fingerprint density at radius 2 is 1.89 bits per heavy atom. The molecule has 0 aromatic heterocycles. The fourth-order valence-electron chi connectivity index (χ4n) is 2.81. The highest BCUT2D eigenvalue weighted by atomic mass is 79.9. The van der Waals surface area contributed by atoms with Crippen LogP contribution in [0.5, 0.6) is 0 Å². The van der Waals surface area contributed by atoms with E-state index in [1.807, 2.05) is 6.07 Å². The predicted molar refractivity (Wildman–Crippen MR) is 85.5 cm³/mol. The van der Waals surface area contributed by atoms with Crippen molar-refractivity contribution < 1.29 is 0 Å². The maximum absolute atomic E-state index is 6.07. The zero-order valence-corrected chi connectivity index (χ0v) is 13.5. The molecule has 4 heteroatoms. The summed E-state index contributed by atoms with van der Waals surface area (Å²) in [6.07, 6.45) is 2.90. The minimum absolute atomic E-state index is 0.825. The highest BCUT2D eigenvalue weighted by Gasteiger charge is 2.26. The quantitative estimate of drug-likeness (QED) is 0.768. The van der Waals surface area contributed by atoms with E-state index in [2.05, 4.69) is 37.9 Å². The molecule has 0 atom stereocenters. The largest absolute Gasteiger partial charge is 0.369 e. The topological polar surface area (TPSA) is 6.48 Å². The van der Waals surface area contributed by atoms with E-state index in [1.165, 1.54) is 43.7 Å². The van der Waals surface area contributed by atoms with Gasteiger partial charge in [0.25, 0.3) is 0 Å². The zero-order valence-electron chi connectivity index (χ0n) is 11.1. The van der Waals surface area contributed by atoms with Crippen molar-refractivity contribution in [2.24, 2.45) is 5.92 Å². The molecular formula is C15H20BrClN2. The Morgan fingerprint density at radius 1 is 1.16 bits per heavy atom. The Labute approximate surface area is 128 Å². The Hall–Kier alpha value is -0.250. The number of hydrogen-bond donors (Lipinski definition) is 0. The van der Waals surface area contributed by atoms with E-state index in [4.69, 9.17) is 11.6 Å². The minimum Gasteiger partial charge on any atom is -0.369 e. The van der Waals surface area contributed by atoms with Gasteiger partial charge in [0, 0.05) is 48.8 Å². The molecule has 0 radical (unpaired) electrons. The van der Waals surface area contributed by atoms with Gasteiger partial charge < -0.3 is 4.90 Å². The first-order valence-corrected chi connectivity index (χ1v) is 8.58. The standard InChI is InChI=1S/C15H20BrClN2/c16-10-13-9-14(17)3-4-15(13)19-7-5-18(6-8-19)11-12-1-2-12/h3-4,9,12H,1-2,5-8,10-11H2. The van der Waals surface area contributed by atoms with Crippen LogP contribution in [0, 0.1) is 5.92 Å². The lowest BCUT2D eigenvalue weighted by Crippen LogP contribution is -2.47. The van der Waals surface area contributed by atoms with Crippen LogP contribution in [0.2, 0.25) is 5.02 Å². The first-order chi connectivity index (χ1) is 9.26. The second-order valence-corrected chi connectivity index (χ2v) is 6.63. The maximum atomic E-state index is 6.07. The number of benzene rings is 1. The van der Waals surface area contributed by atoms with Gasteiger partial charge in [-0.2, -0.15) is 0 Å². The van der Waals surface area contributed by atoms with Crippen molar-refractivity contribution in [1.82, 2.24) is 4.90 Å². The van der Waals surface area contributed by atoms with E-state index in [1.54, 1.807) is 0 Å². The van der Waals surface area contributed by atoms with Gasteiger partial charge in [0.1, 0.15) is 0 Å². The highest BCUT2D eigenvalue weighted by Crippen LogP contribution is 2.31. The van der Waals surface area contributed by atoms with Crippen LogP contribution >= 0.6 is 27.5 Å². The van der Waals surface area contributed by atoms with Crippen molar-refractivity contribution in [3.63, 3.8) is 0 Å². The molecule has 1 aliphatic carbocycles. The minimum atomic E-state index is 0.825. The monoisotopic (exact) mass is 342 g/mol. The molecule has 0 bridgehead atoms. The normalized spacial score (nSPS) is 20.8. The first-order valence-electron chi connectivity index (χ1n) is 7.08. The van der Waals surface area contributed by atoms with Crippen LogP contribution in [-0.4, -0.2) is 37.6 Å². The lowest BCUT2D eigenvalue weighted by molar-refractivity contribution is 0.248. The Morgan fingerprint density at radius 3 is 2.53 bits per heavy atom.